The number of hydrogen-bond acceptors (Lipinski definition) is 5. The molecule has 1 N–H and O–H groups in total. The lowest BCUT2D eigenvalue weighted by molar-refractivity contribution is -0.118. The Labute approximate surface area is 169 Å². The molecule has 2 amide bonds. The van der Waals surface area contributed by atoms with Gasteiger partial charge < -0.3 is 10.2 Å². The fraction of sp³-hybridized carbons (Fsp3) is 0.300. The van der Waals surface area contributed by atoms with Crippen LogP contribution in [-0.2, 0) is 19.4 Å². The summed E-state index contributed by atoms with van der Waals surface area (Å²) in [7, 11) is -2.08. The molecule has 0 aliphatic carbocycles. The van der Waals surface area contributed by atoms with Gasteiger partial charge in [-0.05, 0) is 44.2 Å². The summed E-state index contributed by atoms with van der Waals surface area (Å²) >= 11 is 1.37. The Kier molecular flexibility index (Phi) is 5.81. The van der Waals surface area contributed by atoms with E-state index in [4.69, 9.17) is 0 Å². The lowest BCUT2D eigenvalue weighted by Crippen LogP contribution is -2.32. The molecule has 0 fully saturated rings. The molecular formula is C20H22N2O4S2. The van der Waals surface area contributed by atoms with E-state index in [0.29, 0.717) is 17.1 Å². The maximum absolute atomic E-state index is 12.9. The second-order valence-electron chi connectivity index (χ2n) is 6.84. The predicted octanol–water partition coefficient (Wildman–Crippen LogP) is 3.25. The lowest BCUT2D eigenvalue weighted by Gasteiger charge is -2.21. The molecular weight excluding hydrogens is 396 g/mol. The van der Waals surface area contributed by atoms with Gasteiger partial charge in [-0.2, -0.15) is 0 Å². The highest BCUT2D eigenvalue weighted by molar-refractivity contribution is 8.00. The van der Waals surface area contributed by atoms with Crippen LogP contribution in [0.4, 0.5) is 11.4 Å². The second-order valence-corrected chi connectivity index (χ2v) is 10.2. The fourth-order valence-corrected chi connectivity index (χ4v) is 5.03. The Morgan fingerprint density at radius 2 is 1.89 bits per heavy atom. The number of thioether (sulfide) groups is 1. The van der Waals surface area contributed by atoms with Crippen LogP contribution in [-0.4, -0.2) is 38.3 Å². The number of nitrogens with zero attached hydrogens (tertiary/aromatic N) is 1. The number of carbonyl (C=O) groups excluding carboxylic acids is 2. The molecule has 1 heterocycles. The van der Waals surface area contributed by atoms with Crippen LogP contribution in [0.3, 0.4) is 0 Å². The summed E-state index contributed by atoms with van der Waals surface area (Å²) in [6.45, 7) is 3.49. The number of aryl methyl sites for hydroxylation is 1. The molecule has 1 atom stereocenters. The Balaban J connectivity index is 1.76. The van der Waals surface area contributed by atoms with Gasteiger partial charge in [0.1, 0.15) is 0 Å². The number of sulfone groups is 1. The van der Waals surface area contributed by atoms with E-state index in [1.54, 1.807) is 13.1 Å². The van der Waals surface area contributed by atoms with Crippen LogP contribution >= 0.6 is 11.8 Å². The maximum atomic E-state index is 12.9. The van der Waals surface area contributed by atoms with Crippen molar-refractivity contribution in [2.75, 3.05) is 23.0 Å². The summed E-state index contributed by atoms with van der Waals surface area (Å²) in [6, 6.07) is 12.2. The first-order valence-corrected chi connectivity index (χ1v) is 11.4. The number of rotatable bonds is 5. The van der Waals surface area contributed by atoms with Gasteiger partial charge in [0.2, 0.25) is 11.8 Å². The quantitative estimate of drug-likeness (QED) is 0.806. The molecule has 0 spiro atoms. The molecule has 1 aliphatic rings. The van der Waals surface area contributed by atoms with Crippen LogP contribution in [0.15, 0.2) is 52.3 Å². The predicted molar refractivity (Wildman–Crippen MR) is 112 cm³/mol. The monoisotopic (exact) mass is 418 g/mol. The summed E-state index contributed by atoms with van der Waals surface area (Å²) in [6.07, 6.45) is -0.134. The van der Waals surface area contributed by atoms with Gasteiger partial charge in [0.25, 0.3) is 0 Å². The fourth-order valence-electron chi connectivity index (χ4n) is 2.88. The van der Waals surface area contributed by atoms with Gasteiger partial charge in [-0.3, -0.25) is 9.59 Å². The first kappa shape index (κ1) is 20.4. The minimum atomic E-state index is -3.72. The Bertz CT molecular complexity index is 1020. The van der Waals surface area contributed by atoms with Crippen LogP contribution in [0.1, 0.15) is 18.9 Å². The van der Waals surface area contributed by atoms with E-state index < -0.39 is 15.1 Å². The SMILES string of the molecule is Cc1ccc(N(C)C(=O)C[C@H](C)S(=O)(=O)c2ccc3c(c2)NC(=O)CS3)cc1. The molecule has 0 saturated heterocycles. The molecule has 2 aromatic carbocycles. The third-order valence-electron chi connectivity index (χ3n) is 4.70. The number of hydrogen-bond donors (Lipinski definition) is 1. The number of anilines is 2. The molecule has 0 unspecified atom stereocenters. The average molecular weight is 419 g/mol. The highest BCUT2D eigenvalue weighted by atomic mass is 32.2. The third-order valence-corrected chi connectivity index (χ3v) is 7.91. The van der Waals surface area contributed by atoms with Crippen molar-refractivity contribution in [3.8, 4) is 0 Å². The smallest absolute Gasteiger partial charge is 0.234 e. The van der Waals surface area contributed by atoms with E-state index in [2.05, 4.69) is 5.32 Å². The van der Waals surface area contributed by atoms with E-state index in [0.717, 1.165) is 10.5 Å². The summed E-state index contributed by atoms with van der Waals surface area (Å²) in [5, 5.41) is 1.81. The van der Waals surface area contributed by atoms with Gasteiger partial charge in [0, 0.05) is 24.1 Å². The van der Waals surface area contributed by atoms with E-state index in [1.807, 2.05) is 31.2 Å². The zero-order chi connectivity index (χ0) is 20.5. The molecule has 2 aromatic rings. The van der Waals surface area contributed by atoms with E-state index in [1.165, 1.54) is 35.7 Å². The highest BCUT2D eigenvalue weighted by Gasteiger charge is 2.28. The van der Waals surface area contributed by atoms with E-state index >= 15 is 0 Å². The summed E-state index contributed by atoms with van der Waals surface area (Å²) < 4.78 is 25.9. The van der Waals surface area contributed by atoms with Crippen molar-refractivity contribution in [3.63, 3.8) is 0 Å². The van der Waals surface area contributed by atoms with Crippen molar-refractivity contribution in [3.05, 3.63) is 48.0 Å². The molecule has 0 aromatic heterocycles. The van der Waals surface area contributed by atoms with Crippen molar-refractivity contribution >= 4 is 44.8 Å². The van der Waals surface area contributed by atoms with Crippen molar-refractivity contribution in [2.45, 2.75) is 35.3 Å². The Morgan fingerprint density at radius 3 is 2.57 bits per heavy atom. The number of nitrogens with one attached hydrogen (secondary N) is 1. The molecule has 0 saturated carbocycles. The minimum absolute atomic E-state index is 0.104. The molecule has 0 bridgehead atoms. The van der Waals surface area contributed by atoms with Gasteiger partial charge >= 0.3 is 0 Å². The standard InChI is InChI=1S/C20H22N2O4S2/c1-13-4-6-15(7-5-13)22(3)20(24)10-14(2)28(25,26)16-8-9-18-17(11-16)21-19(23)12-27-18/h4-9,11,14H,10,12H2,1-3H3,(H,21,23)/t14-/m0/s1. The first-order chi connectivity index (χ1) is 13.2. The summed E-state index contributed by atoms with van der Waals surface area (Å²) in [4.78, 5) is 26.6. The van der Waals surface area contributed by atoms with E-state index in [-0.39, 0.29) is 23.1 Å². The van der Waals surface area contributed by atoms with Crippen LogP contribution in [0, 0.1) is 6.92 Å². The van der Waals surface area contributed by atoms with E-state index in [9.17, 15) is 18.0 Å². The van der Waals surface area contributed by atoms with Crippen molar-refractivity contribution in [1.82, 2.24) is 0 Å². The number of carbonyl (C=O) groups is 2. The van der Waals surface area contributed by atoms with Crippen LogP contribution in [0.2, 0.25) is 0 Å². The van der Waals surface area contributed by atoms with Gasteiger partial charge in [0.15, 0.2) is 9.84 Å². The number of benzene rings is 2. The molecule has 8 heteroatoms. The van der Waals surface area contributed by atoms with Gasteiger partial charge in [-0.1, -0.05) is 17.7 Å². The summed E-state index contributed by atoms with van der Waals surface area (Å²) in [5.41, 5.74) is 2.30. The largest absolute Gasteiger partial charge is 0.324 e. The normalized spacial score (nSPS) is 14.8. The highest BCUT2D eigenvalue weighted by Crippen LogP contribution is 2.34. The topological polar surface area (TPSA) is 83.6 Å². The molecule has 1 aliphatic heterocycles. The molecule has 28 heavy (non-hydrogen) atoms. The first-order valence-electron chi connectivity index (χ1n) is 8.82. The van der Waals surface area contributed by atoms with Gasteiger partial charge in [0.05, 0.1) is 21.6 Å². The molecule has 148 valence electrons. The summed E-state index contributed by atoms with van der Waals surface area (Å²) in [5.74, 6) is -0.119. The minimum Gasteiger partial charge on any atom is -0.324 e. The molecule has 0 radical (unpaired) electrons. The Morgan fingerprint density at radius 1 is 1.21 bits per heavy atom. The zero-order valence-electron chi connectivity index (χ0n) is 15.9. The van der Waals surface area contributed by atoms with Crippen molar-refractivity contribution < 1.29 is 18.0 Å². The van der Waals surface area contributed by atoms with Crippen molar-refractivity contribution in [2.24, 2.45) is 0 Å². The third kappa shape index (κ3) is 4.23. The second kappa shape index (κ2) is 7.97. The van der Waals surface area contributed by atoms with Gasteiger partial charge in [-0.25, -0.2) is 8.42 Å². The van der Waals surface area contributed by atoms with Crippen LogP contribution in [0.25, 0.3) is 0 Å². The maximum Gasteiger partial charge on any atom is 0.234 e. The van der Waals surface area contributed by atoms with Gasteiger partial charge in [-0.15, -0.1) is 11.8 Å². The molecule has 3 rings (SSSR count). The van der Waals surface area contributed by atoms with Crippen LogP contribution < -0.4 is 10.2 Å². The van der Waals surface area contributed by atoms with Crippen molar-refractivity contribution in [1.29, 1.82) is 0 Å². The average Bonchev–Trinajstić information content (AvgIpc) is 2.67. The zero-order valence-corrected chi connectivity index (χ0v) is 17.6. The lowest BCUT2D eigenvalue weighted by atomic mass is 10.2. The molecule has 6 nitrogen and oxygen atoms in total. The number of fused-ring (bicyclic) bond motifs is 1. The Hall–Kier alpha value is -2.32. The number of amides is 2. The van der Waals surface area contributed by atoms with Crippen LogP contribution in [0.5, 0.6) is 0 Å².